The van der Waals surface area contributed by atoms with Crippen molar-refractivity contribution >= 4 is 11.6 Å². The molecule has 0 N–H and O–H groups in total. The Morgan fingerprint density at radius 2 is 1.48 bits per heavy atom. The Hall–Kier alpha value is -2.14. The van der Waals surface area contributed by atoms with Gasteiger partial charge in [0.1, 0.15) is 18.0 Å². The van der Waals surface area contributed by atoms with Crippen molar-refractivity contribution in [2.45, 2.75) is 26.2 Å². The minimum atomic E-state index is 0.784. The highest BCUT2D eigenvalue weighted by atomic mass is 15.3. The molecule has 3 heterocycles. The topological polar surface area (TPSA) is 35.5 Å². The van der Waals surface area contributed by atoms with E-state index < -0.39 is 0 Å². The van der Waals surface area contributed by atoms with Gasteiger partial charge in [-0.3, -0.25) is 0 Å². The van der Waals surface area contributed by atoms with Crippen molar-refractivity contribution < 1.29 is 0 Å². The second-order valence-electron chi connectivity index (χ2n) is 7.78. The van der Waals surface area contributed by atoms with Crippen molar-refractivity contribution in [1.82, 2.24) is 14.9 Å². The molecule has 2 fully saturated rings. The van der Waals surface area contributed by atoms with Gasteiger partial charge in [-0.05, 0) is 37.3 Å². The number of rotatable bonds is 5. The van der Waals surface area contributed by atoms with Crippen LogP contribution in [0, 0.1) is 5.92 Å². The van der Waals surface area contributed by atoms with Crippen LogP contribution in [-0.2, 0) is 6.42 Å². The monoisotopic (exact) mass is 365 g/mol. The van der Waals surface area contributed by atoms with Crippen LogP contribution in [0.1, 0.15) is 25.3 Å². The summed E-state index contributed by atoms with van der Waals surface area (Å²) in [5, 5.41) is 0. The van der Waals surface area contributed by atoms with Gasteiger partial charge >= 0.3 is 0 Å². The summed E-state index contributed by atoms with van der Waals surface area (Å²) in [6.45, 7) is 9.93. The van der Waals surface area contributed by atoms with E-state index in [9.17, 15) is 0 Å². The molecule has 0 unspecified atom stereocenters. The average Bonchev–Trinajstić information content (AvgIpc) is 2.75. The number of anilines is 2. The maximum Gasteiger partial charge on any atom is 0.134 e. The zero-order valence-corrected chi connectivity index (χ0v) is 16.4. The molecule has 0 radical (unpaired) electrons. The Bertz CT molecular complexity index is 704. The SMILES string of the molecule is CCN1CCN(c2cc(N3CCC(Cc4ccccc4)CC3)ncn2)CC1. The van der Waals surface area contributed by atoms with Gasteiger partial charge in [-0.15, -0.1) is 0 Å². The molecule has 144 valence electrons. The second kappa shape index (κ2) is 8.70. The highest BCUT2D eigenvalue weighted by Crippen LogP contribution is 2.26. The van der Waals surface area contributed by atoms with Crippen LogP contribution in [0.15, 0.2) is 42.7 Å². The Labute approximate surface area is 163 Å². The molecule has 5 nitrogen and oxygen atoms in total. The number of piperazine rings is 1. The number of benzene rings is 1. The van der Waals surface area contributed by atoms with Crippen LogP contribution in [0.2, 0.25) is 0 Å². The van der Waals surface area contributed by atoms with Gasteiger partial charge < -0.3 is 14.7 Å². The first-order valence-electron chi connectivity index (χ1n) is 10.4. The van der Waals surface area contributed by atoms with Gasteiger partial charge in [0, 0.05) is 45.3 Å². The number of hydrogen-bond acceptors (Lipinski definition) is 5. The number of hydrogen-bond donors (Lipinski definition) is 0. The molecule has 0 bridgehead atoms. The molecule has 2 saturated heterocycles. The number of likely N-dealkylation sites (N-methyl/N-ethyl adjacent to an activating group) is 1. The first-order chi connectivity index (χ1) is 13.3. The van der Waals surface area contributed by atoms with Gasteiger partial charge in [-0.2, -0.15) is 0 Å². The summed E-state index contributed by atoms with van der Waals surface area (Å²) in [6.07, 6.45) is 5.42. The van der Waals surface area contributed by atoms with E-state index in [0.29, 0.717) is 0 Å². The summed E-state index contributed by atoms with van der Waals surface area (Å²) < 4.78 is 0. The molecule has 1 aromatic heterocycles. The average molecular weight is 366 g/mol. The zero-order valence-electron chi connectivity index (χ0n) is 16.4. The van der Waals surface area contributed by atoms with Gasteiger partial charge in [0.15, 0.2) is 0 Å². The predicted octanol–water partition coefficient (Wildman–Crippen LogP) is 3.08. The number of aromatic nitrogens is 2. The normalized spacial score (nSPS) is 19.4. The Morgan fingerprint density at radius 3 is 2.11 bits per heavy atom. The Kier molecular flexibility index (Phi) is 5.87. The standard InChI is InChI=1S/C22H31N5/c1-2-25-12-14-27(15-13-25)22-17-21(23-18-24-22)26-10-8-20(9-11-26)16-19-6-4-3-5-7-19/h3-7,17-18,20H,2,8-16H2,1H3. The highest BCUT2D eigenvalue weighted by molar-refractivity contribution is 5.50. The number of piperidine rings is 1. The summed E-state index contributed by atoms with van der Waals surface area (Å²) in [7, 11) is 0. The van der Waals surface area contributed by atoms with E-state index in [1.165, 1.54) is 24.8 Å². The third kappa shape index (κ3) is 4.59. The molecular formula is C22H31N5. The van der Waals surface area contributed by atoms with Crippen LogP contribution >= 0.6 is 0 Å². The predicted molar refractivity (Wildman–Crippen MR) is 111 cm³/mol. The molecule has 1 aromatic carbocycles. The van der Waals surface area contributed by atoms with Crippen molar-refractivity contribution in [1.29, 1.82) is 0 Å². The van der Waals surface area contributed by atoms with Crippen LogP contribution < -0.4 is 9.80 Å². The fourth-order valence-corrected chi connectivity index (χ4v) is 4.29. The number of nitrogens with zero attached hydrogens (tertiary/aromatic N) is 5. The van der Waals surface area contributed by atoms with Gasteiger partial charge in [0.2, 0.25) is 0 Å². The molecule has 0 atom stereocenters. The molecule has 27 heavy (non-hydrogen) atoms. The first kappa shape index (κ1) is 18.2. The summed E-state index contributed by atoms with van der Waals surface area (Å²) in [6, 6.07) is 13.1. The first-order valence-corrected chi connectivity index (χ1v) is 10.4. The molecule has 5 heteroatoms. The fourth-order valence-electron chi connectivity index (χ4n) is 4.29. The molecule has 2 aliphatic rings. The third-order valence-corrected chi connectivity index (χ3v) is 6.09. The van der Waals surface area contributed by atoms with Crippen molar-refractivity contribution in [3.63, 3.8) is 0 Å². The van der Waals surface area contributed by atoms with E-state index in [1.807, 2.05) is 0 Å². The largest absolute Gasteiger partial charge is 0.356 e. The van der Waals surface area contributed by atoms with E-state index in [4.69, 9.17) is 0 Å². The van der Waals surface area contributed by atoms with Gasteiger partial charge in [0.25, 0.3) is 0 Å². The van der Waals surface area contributed by atoms with Gasteiger partial charge in [0.05, 0.1) is 0 Å². The fraction of sp³-hybridized carbons (Fsp3) is 0.545. The van der Waals surface area contributed by atoms with Gasteiger partial charge in [-0.1, -0.05) is 37.3 Å². The summed E-state index contributed by atoms with van der Waals surface area (Å²) in [5.74, 6) is 2.96. The third-order valence-electron chi connectivity index (χ3n) is 6.09. The Balaban J connectivity index is 1.33. The molecule has 4 rings (SSSR count). The minimum absolute atomic E-state index is 0.784. The molecule has 0 spiro atoms. The maximum atomic E-state index is 4.58. The van der Waals surface area contributed by atoms with Crippen LogP contribution in [0.5, 0.6) is 0 Å². The van der Waals surface area contributed by atoms with Crippen molar-refractivity contribution in [3.05, 3.63) is 48.3 Å². The lowest BCUT2D eigenvalue weighted by Gasteiger charge is -2.36. The second-order valence-corrected chi connectivity index (χ2v) is 7.78. The van der Waals surface area contributed by atoms with Crippen LogP contribution in [0.4, 0.5) is 11.6 Å². The lowest BCUT2D eigenvalue weighted by Crippen LogP contribution is -2.46. The lowest BCUT2D eigenvalue weighted by atomic mass is 9.90. The quantitative estimate of drug-likeness (QED) is 0.814. The van der Waals surface area contributed by atoms with Crippen molar-refractivity contribution in [2.24, 2.45) is 5.92 Å². The zero-order chi connectivity index (χ0) is 18.5. The van der Waals surface area contributed by atoms with Crippen LogP contribution in [0.3, 0.4) is 0 Å². The van der Waals surface area contributed by atoms with Crippen molar-refractivity contribution in [3.8, 4) is 0 Å². The molecule has 0 saturated carbocycles. The Morgan fingerprint density at radius 1 is 0.852 bits per heavy atom. The summed E-state index contributed by atoms with van der Waals surface area (Å²) >= 11 is 0. The molecular weight excluding hydrogens is 334 g/mol. The maximum absolute atomic E-state index is 4.58. The van der Waals surface area contributed by atoms with E-state index in [-0.39, 0.29) is 0 Å². The lowest BCUT2D eigenvalue weighted by molar-refractivity contribution is 0.270. The van der Waals surface area contributed by atoms with E-state index in [1.54, 1.807) is 6.33 Å². The summed E-state index contributed by atoms with van der Waals surface area (Å²) in [5.41, 5.74) is 1.46. The van der Waals surface area contributed by atoms with E-state index >= 15 is 0 Å². The van der Waals surface area contributed by atoms with E-state index in [2.05, 4.69) is 68.0 Å². The molecule has 2 aromatic rings. The van der Waals surface area contributed by atoms with Crippen LogP contribution in [-0.4, -0.2) is 60.7 Å². The summed E-state index contributed by atoms with van der Waals surface area (Å²) in [4.78, 5) is 16.5. The van der Waals surface area contributed by atoms with Crippen LogP contribution in [0.25, 0.3) is 0 Å². The van der Waals surface area contributed by atoms with Gasteiger partial charge in [-0.25, -0.2) is 9.97 Å². The van der Waals surface area contributed by atoms with Crippen molar-refractivity contribution in [2.75, 3.05) is 55.6 Å². The molecule has 0 amide bonds. The molecule has 0 aliphatic carbocycles. The van der Waals surface area contributed by atoms with E-state index in [0.717, 1.165) is 63.4 Å². The highest BCUT2D eigenvalue weighted by Gasteiger charge is 2.22. The molecule has 2 aliphatic heterocycles. The minimum Gasteiger partial charge on any atom is -0.356 e. The smallest absolute Gasteiger partial charge is 0.134 e.